The lowest BCUT2D eigenvalue weighted by atomic mass is 9.80. The minimum absolute atomic E-state index is 0.205. The molecule has 2 saturated heterocycles. The van der Waals surface area contributed by atoms with E-state index in [1.807, 2.05) is 12.1 Å². The third-order valence-electron chi connectivity index (χ3n) is 7.86. The number of hydrogen-bond donors (Lipinski definition) is 0. The molecule has 4 aromatic rings. The number of anilines is 1. The van der Waals surface area contributed by atoms with Gasteiger partial charge in [-0.1, -0.05) is 25.1 Å². The monoisotopic (exact) mass is 468 g/mol. The van der Waals surface area contributed by atoms with Gasteiger partial charge in [-0.2, -0.15) is 5.26 Å². The quantitative estimate of drug-likeness (QED) is 0.439. The zero-order chi connectivity index (χ0) is 24.3. The summed E-state index contributed by atoms with van der Waals surface area (Å²) in [6, 6.07) is 14.5. The number of oxazole rings is 1. The van der Waals surface area contributed by atoms with Crippen LogP contribution in [0.4, 0.5) is 5.69 Å². The van der Waals surface area contributed by atoms with E-state index < -0.39 is 0 Å². The first-order valence-corrected chi connectivity index (χ1v) is 12.1. The number of piperidine rings is 1. The Morgan fingerprint density at radius 3 is 2.60 bits per heavy atom. The van der Waals surface area contributed by atoms with Crippen molar-refractivity contribution in [1.29, 1.82) is 5.26 Å². The number of nitrogens with zero attached hydrogens (tertiary/aromatic N) is 4. The Balaban J connectivity index is 1.37. The number of hydrogen-bond acceptors (Lipinski definition) is 6. The number of aryl methyl sites for hydroxylation is 2. The number of rotatable bonds is 3. The van der Waals surface area contributed by atoms with Crippen LogP contribution < -0.4 is 10.5 Å². The van der Waals surface area contributed by atoms with Gasteiger partial charge in [-0.25, -0.2) is 4.98 Å². The normalized spacial score (nSPS) is 18.1. The van der Waals surface area contributed by atoms with Crippen molar-refractivity contribution in [3.8, 4) is 6.07 Å². The molecule has 0 spiro atoms. The van der Waals surface area contributed by atoms with E-state index in [-0.39, 0.29) is 16.5 Å². The molecule has 4 heterocycles. The molecule has 2 aromatic heterocycles. The molecule has 178 valence electrons. The molecule has 0 bridgehead atoms. The summed E-state index contributed by atoms with van der Waals surface area (Å²) >= 11 is 0. The second-order valence-electron chi connectivity index (χ2n) is 10.2. The van der Waals surface area contributed by atoms with Crippen LogP contribution in [0.5, 0.6) is 0 Å². The fraction of sp³-hybridized carbons (Fsp3) is 0.393. The average Bonchev–Trinajstić information content (AvgIpc) is 3.25. The van der Waals surface area contributed by atoms with Crippen LogP contribution in [0.2, 0.25) is 0 Å². The lowest BCUT2D eigenvalue weighted by Crippen LogP contribution is -2.42. The SMILES string of the molecule is Cc1ccc2oc(C3(C)CCN(c4c(C#N)c(=O)n(C)c5cc(C6COC6)ccc45)CC3)nc2c1. The first kappa shape index (κ1) is 21.9. The Morgan fingerprint density at radius 2 is 1.91 bits per heavy atom. The van der Waals surface area contributed by atoms with Crippen LogP contribution in [-0.2, 0) is 17.2 Å². The van der Waals surface area contributed by atoms with Gasteiger partial charge in [-0.15, -0.1) is 0 Å². The molecular formula is C28H28N4O3. The number of nitriles is 1. The van der Waals surface area contributed by atoms with Gasteiger partial charge in [-0.3, -0.25) is 4.79 Å². The molecule has 2 aromatic carbocycles. The lowest BCUT2D eigenvalue weighted by molar-refractivity contribution is 0.00846. The molecule has 0 radical (unpaired) electrons. The van der Waals surface area contributed by atoms with Crippen LogP contribution in [0.1, 0.15) is 48.3 Å². The van der Waals surface area contributed by atoms with Crippen molar-refractivity contribution in [3.63, 3.8) is 0 Å². The second-order valence-corrected chi connectivity index (χ2v) is 10.2. The largest absolute Gasteiger partial charge is 0.440 e. The van der Waals surface area contributed by atoms with E-state index in [4.69, 9.17) is 14.1 Å². The zero-order valence-electron chi connectivity index (χ0n) is 20.3. The highest BCUT2D eigenvalue weighted by Crippen LogP contribution is 2.40. The van der Waals surface area contributed by atoms with E-state index in [2.05, 4.69) is 49.1 Å². The van der Waals surface area contributed by atoms with Gasteiger partial charge >= 0.3 is 0 Å². The van der Waals surface area contributed by atoms with E-state index >= 15 is 0 Å². The Morgan fingerprint density at radius 1 is 1.14 bits per heavy atom. The molecule has 7 nitrogen and oxygen atoms in total. The first-order chi connectivity index (χ1) is 16.9. The highest BCUT2D eigenvalue weighted by Gasteiger charge is 2.37. The van der Waals surface area contributed by atoms with Crippen molar-refractivity contribution in [1.82, 2.24) is 9.55 Å². The fourth-order valence-corrected chi connectivity index (χ4v) is 5.38. The minimum Gasteiger partial charge on any atom is -0.440 e. The maximum absolute atomic E-state index is 13.2. The van der Waals surface area contributed by atoms with Gasteiger partial charge in [0.15, 0.2) is 5.58 Å². The number of fused-ring (bicyclic) bond motifs is 2. The minimum atomic E-state index is -0.250. The molecular weight excluding hydrogens is 440 g/mol. The average molecular weight is 469 g/mol. The molecule has 7 heteroatoms. The van der Waals surface area contributed by atoms with Crippen LogP contribution in [-0.4, -0.2) is 35.9 Å². The Bertz CT molecular complexity index is 1560. The third kappa shape index (κ3) is 3.43. The van der Waals surface area contributed by atoms with Gasteiger partial charge in [0.2, 0.25) is 5.89 Å². The Kier molecular flexibility index (Phi) is 4.97. The highest BCUT2D eigenvalue weighted by atomic mass is 16.5. The predicted octanol–water partition coefficient (Wildman–Crippen LogP) is 4.53. The van der Waals surface area contributed by atoms with E-state index in [0.717, 1.165) is 52.0 Å². The van der Waals surface area contributed by atoms with Crippen molar-refractivity contribution >= 4 is 27.7 Å². The Hall–Kier alpha value is -3.63. The number of benzene rings is 2. The molecule has 35 heavy (non-hydrogen) atoms. The van der Waals surface area contributed by atoms with Crippen molar-refractivity contribution < 1.29 is 9.15 Å². The van der Waals surface area contributed by atoms with Gasteiger partial charge in [0.25, 0.3) is 5.56 Å². The maximum atomic E-state index is 13.2. The van der Waals surface area contributed by atoms with Crippen molar-refractivity contribution in [3.05, 3.63) is 69.3 Å². The summed E-state index contributed by atoms with van der Waals surface area (Å²) in [6.07, 6.45) is 1.63. The highest BCUT2D eigenvalue weighted by molar-refractivity contribution is 5.95. The third-order valence-corrected chi connectivity index (χ3v) is 7.86. The number of aromatic nitrogens is 2. The molecule has 2 aliphatic rings. The summed E-state index contributed by atoms with van der Waals surface area (Å²) in [5.74, 6) is 1.13. The van der Waals surface area contributed by atoms with E-state index in [1.54, 1.807) is 11.6 Å². The van der Waals surface area contributed by atoms with Gasteiger partial charge in [-0.05, 0) is 49.1 Å². The fourth-order valence-electron chi connectivity index (χ4n) is 5.38. The summed E-state index contributed by atoms with van der Waals surface area (Å²) in [4.78, 5) is 20.2. The molecule has 0 saturated carbocycles. The van der Waals surface area contributed by atoms with Gasteiger partial charge in [0, 0.05) is 36.9 Å². The van der Waals surface area contributed by atoms with E-state index in [0.29, 0.717) is 32.2 Å². The molecule has 0 atom stereocenters. The molecule has 0 aliphatic carbocycles. The molecule has 0 N–H and O–H groups in total. The summed E-state index contributed by atoms with van der Waals surface area (Å²) < 4.78 is 13.1. The first-order valence-electron chi connectivity index (χ1n) is 12.1. The maximum Gasteiger partial charge on any atom is 0.270 e. The van der Waals surface area contributed by atoms with Gasteiger partial charge in [0.05, 0.1) is 24.4 Å². The van der Waals surface area contributed by atoms with Crippen LogP contribution in [0.3, 0.4) is 0 Å². The molecule has 6 rings (SSSR count). The second kappa shape index (κ2) is 7.96. The molecule has 2 aliphatic heterocycles. The van der Waals surface area contributed by atoms with E-state index in [9.17, 15) is 10.1 Å². The predicted molar refractivity (Wildman–Crippen MR) is 135 cm³/mol. The standard InChI is InChI=1S/C28H28N4O3/c1-17-4-7-24-22(12-17)30-27(35-24)28(2)8-10-32(11-9-28)25-20-6-5-18(19-15-34-16-19)13-23(20)31(3)26(33)21(25)14-29/h4-7,12-13,19H,8-11,15-16H2,1-3H3. The van der Waals surface area contributed by atoms with Crippen LogP contribution in [0, 0.1) is 18.3 Å². The van der Waals surface area contributed by atoms with Crippen molar-refractivity contribution in [2.24, 2.45) is 7.05 Å². The van der Waals surface area contributed by atoms with Gasteiger partial charge in [0.1, 0.15) is 17.1 Å². The van der Waals surface area contributed by atoms with Crippen molar-refractivity contribution in [2.45, 2.75) is 38.0 Å². The zero-order valence-corrected chi connectivity index (χ0v) is 20.3. The molecule has 0 amide bonds. The van der Waals surface area contributed by atoms with Gasteiger partial charge < -0.3 is 18.6 Å². The van der Waals surface area contributed by atoms with Crippen molar-refractivity contribution in [2.75, 3.05) is 31.2 Å². The number of pyridine rings is 1. The summed E-state index contributed by atoms with van der Waals surface area (Å²) in [7, 11) is 1.75. The summed E-state index contributed by atoms with van der Waals surface area (Å²) in [6.45, 7) is 7.10. The van der Waals surface area contributed by atoms with Crippen LogP contribution in [0.15, 0.2) is 45.6 Å². The molecule has 2 fully saturated rings. The Labute approximate surface area is 203 Å². The number of ether oxygens (including phenoxy) is 1. The lowest BCUT2D eigenvalue weighted by Gasteiger charge is -2.39. The summed E-state index contributed by atoms with van der Waals surface area (Å²) in [5.41, 5.74) is 5.39. The topological polar surface area (TPSA) is 84.3 Å². The smallest absolute Gasteiger partial charge is 0.270 e. The van der Waals surface area contributed by atoms with Crippen LogP contribution >= 0.6 is 0 Å². The van der Waals surface area contributed by atoms with E-state index in [1.165, 1.54) is 5.56 Å². The summed E-state index contributed by atoms with van der Waals surface area (Å²) in [5, 5.41) is 10.9. The van der Waals surface area contributed by atoms with Crippen LogP contribution in [0.25, 0.3) is 22.0 Å². The molecule has 0 unspecified atom stereocenters.